The third kappa shape index (κ3) is 3.22. The number of rotatable bonds is 3. The van der Waals surface area contributed by atoms with Crippen LogP contribution in [0.2, 0.25) is 5.02 Å². The molecule has 0 saturated carbocycles. The van der Waals surface area contributed by atoms with Crippen LogP contribution >= 0.6 is 23.2 Å². The summed E-state index contributed by atoms with van der Waals surface area (Å²) in [6, 6.07) is 4.03. The van der Waals surface area contributed by atoms with E-state index < -0.39 is 11.7 Å². The first-order valence-corrected chi connectivity index (χ1v) is 4.83. The highest BCUT2D eigenvalue weighted by atomic mass is 35.5. The fourth-order valence-electron chi connectivity index (χ4n) is 0.979. The van der Waals surface area contributed by atoms with Gasteiger partial charge in [0.25, 0.3) is 5.91 Å². The van der Waals surface area contributed by atoms with Crippen molar-refractivity contribution in [2.24, 2.45) is 0 Å². The van der Waals surface area contributed by atoms with Gasteiger partial charge >= 0.3 is 0 Å². The van der Waals surface area contributed by atoms with E-state index in [0.717, 1.165) is 6.07 Å². The van der Waals surface area contributed by atoms with Crippen LogP contribution in [0.5, 0.6) is 0 Å². The van der Waals surface area contributed by atoms with E-state index in [2.05, 4.69) is 11.9 Å². The maximum atomic E-state index is 13.2. The quantitative estimate of drug-likeness (QED) is 0.875. The number of nitrogens with one attached hydrogen (secondary N) is 1. The first kappa shape index (κ1) is 12.0. The van der Waals surface area contributed by atoms with Crippen LogP contribution in [0.4, 0.5) is 4.39 Å². The number of halogens is 3. The number of benzene rings is 1. The van der Waals surface area contributed by atoms with E-state index >= 15 is 0 Å². The fraction of sp³-hybridized carbons (Fsp3) is 0.100. The van der Waals surface area contributed by atoms with Crippen LogP contribution in [0.3, 0.4) is 0 Å². The Kier molecular flexibility index (Phi) is 4.12. The molecule has 0 saturated heterocycles. The average molecular weight is 248 g/mol. The molecule has 0 heterocycles. The van der Waals surface area contributed by atoms with Gasteiger partial charge in [-0.2, -0.15) is 0 Å². The SMILES string of the molecule is C=C(Cl)CNC(=O)c1c(F)cccc1Cl. The van der Waals surface area contributed by atoms with Gasteiger partial charge in [-0.15, -0.1) is 0 Å². The van der Waals surface area contributed by atoms with Crippen molar-refractivity contribution in [1.82, 2.24) is 5.32 Å². The van der Waals surface area contributed by atoms with Crippen molar-refractivity contribution in [1.29, 1.82) is 0 Å². The zero-order valence-electron chi connectivity index (χ0n) is 7.69. The molecule has 0 aliphatic carbocycles. The van der Waals surface area contributed by atoms with Crippen LogP contribution in [0.15, 0.2) is 29.8 Å². The molecule has 2 nitrogen and oxygen atoms in total. The fourth-order valence-corrected chi connectivity index (χ4v) is 1.29. The number of carbonyl (C=O) groups excluding carboxylic acids is 1. The summed E-state index contributed by atoms with van der Waals surface area (Å²) < 4.78 is 13.2. The van der Waals surface area contributed by atoms with Crippen LogP contribution in [0.25, 0.3) is 0 Å². The first-order chi connectivity index (χ1) is 7.02. The van der Waals surface area contributed by atoms with Gasteiger partial charge in [0.2, 0.25) is 0 Å². The van der Waals surface area contributed by atoms with Gasteiger partial charge in [0, 0.05) is 5.03 Å². The van der Waals surface area contributed by atoms with Crippen molar-refractivity contribution in [3.63, 3.8) is 0 Å². The third-order valence-electron chi connectivity index (χ3n) is 1.63. The van der Waals surface area contributed by atoms with Crippen molar-refractivity contribution in [3.8, 4) is 0 Å². The zero-order chi connectivity index (χ0) is 11.4. The summed E-state index contributed by atoms with van der Waals surface area (Å²) in [7, 11) is 0. The normalized spacial score (nSPS) is 9.80. The van der Waals surface area contributed by atoms with E-state index in [1.807, 2.05) is 0 Å². The Labute approximate surface area is 96.7 Å². The minimum absolute atomic E-state index is 0.0627. The predicted molar refractivity (Wildman–Crippen MR) is 58.7 cm³/mol. The molecule has 0 unspecified atom stereocenters. The molecule has 1 amide bonds. The molecule has 15 heavy (non-hydrogen) atoms. The molecular formula is C10H8Cl2FNO. The van der Waals surface area contributed by atoms with Gasteiger partial charge in [0.15, 0.2) is 0 Å². The lowest BCUT2D eigenvalue weighted by molar-refractivity contribution is 0.0954. The molecular weight excluding hydrogens is 240 g/mol. The molecule has 0 atom stereocenters. The van der Waals surface area contributed by atoms with Crippen molar-refractivity contribution in [2.45, 2.75) is 0 Å². The summed E-state index contributed by atoms with van der Waals surface area (Å²) in [5, 5.41) is 2.71. The van der Waals surface area contributed by atoms with Gasteiger partial charge in [0.1, 0.15) is 5.82 Å². The molecule has 0 aliphatic heterocycles. The molecule has 0 aromatic heterocycles. The Morgan fingerprint density at radius 1 is 1.53 bits per heavy atom. The molecule has 0 aliphatic rings. The van der Waals surface area contributed by atoms with Gasteiger partial charge in [-0.1, -0.05) is 35.8 Å². The number of hydrogen-bond donors (Lipinski definition) is 1. The lowest BCUT2D eigenvalue weighted by atomic mass is 10.2. The Balaban J connectivity index is 2.86. The van der Waals surface area contributed by atoms with Gasteiger partial charge in [-0.05, 0) is 12.1 Å². The van der Waals surface area contributed by atoms with Crippen LogP contribution < -0.4 is 5.32 Å². The summed E-state index contributed by atoms with van der Waals surface area (Å²) >= 11 is 11.1. The highest BCUT2D eigenvalue weighted by molar-refractivity contribution is 6.34. The van der Waals surface area contributed by atoms with Crippen LogP contribution in [0, 0.1) is 5.82 Å². The zero-order valence-corrected chi connectivity index (χ0v) is 9.20. The van der Waals surface area contributed by atoms with Gasteiger partial charge in [-0.25, -0.2) is 4.39 Å². The molecule has 80 valence electrons. The maximum absolute atomic E-state index is 13.2. The molecule has 0 spiro atoms. The standard InChI is InChI=1S/C10H8Cl2FNO/c1-6(11)5-14-10(15)9-7(12)3-2-4-8(9)13/h2-4H,1,5H2,(H,14,15). The maximum Gasteiger partial charge on any atom is 0.256 e. The molecule has 0 fully saturated rings. The van der Waals surface area contributed by atoms with E-state index in [-0.39, 0.29) is 22.2 Å². The van der Waals surface area contributed by atoms with E-state index in [4.69, 9.17) is 23.2 Å². The van der Waals surface area contributed by atoms with Crippen LogP contribution in [-0.2, 0) is 0 Å². The second-order valence-electron chi connectivity index (χ2n) is 2.80. The highest BCUT2D eigenvalue weighted by Gasteiger charge is 2.14. The Bertz CT molecular complexity index is 386. The molecule has 0 bridgehead atoms. The number of hydrogen-bond acceptors (Lipinski definition) is 1. The van der Waals surface area contributed by atoms with Gasteiger partial charge in [0.05, 0.1) is 17.1 Å². The average Bonchev–Trinajstić information content (AvgIpc) is 2.14. The second kappa shape index (κ2) is 5.14. The molecule has 1 aromatic rings. The van der Waals surface area contributed by atoms with Gasteiger partial charge < -0.3 is 5.32 Å². The monoisotopic (exact) mass is 247 g/mol. The third-order valence-corrected chi connectivity index (χ3v) is 2.08. The summed E-state index contributed by atoms with van der Waals surface area (Å²) in [6.07, 6.45) is 0. The van der Waals surface area contributed by atoms with Crippen molar-refractivity contribution in [2.75, 3.05) is 6.54 Å². The molecule has 0 radical (unpaired) electrons. The van der Waals surface area contributed by atoms with Crippen LogP contribution in [-0.4, -0.2) is 12.5 Å². The molecule has 1 N–H and O–H groups in total. The smallest absolute Gasteiger partial charge is 0.256 e. The number of carbonyl (C=O) groups is 1. The number of amides is 1. The summed E-state index contributed by atoms with van der Waals surface area (Å²) in [5.41, 5.74) is -0.183. The Morgan fingerprint density at radius 3 is 2.73 bits per heavy atom. The lowest BCUT2D eigenvalue weighted by Gasteiger charge is -2.06. The van der Waals surface area contributed by atoms with E-state index in [1.54, 1.807) is 0 Å². The predicted octanol–water partition coefficient (Wildman–Crippen LogP) is 2.96. The van der Waals surface area contributed by atoms with Gasteiger partial charge in [-0.3, -0.25) is 4.79 Å². The first-order valence-electron chi connectivity index (χ1n) is 4.08. The topological polar surface area (TPSA) is 29.1 Å². The Hall–Kier alpha value is -1.06. The van der Waals surface area contributed by atoms with Crippen molar-refractivity contribution >= 4 is 29.1 Å². The summed E-state index contributed by atoms with van der Waals surface area (Å²) in [5.74, 6) is -1.28. The summed E-state index contributed by atoms with van der Waals surface area (Å²) in [6.45, 7) is 3.46. The van der Waals surface area contributed by atoms with Crippen LogP contribution in [0.1, 0.15) is 10.4 Å². The Morgan fingerprint density at radius 2 is 2.20 bits per heavy atom. The molecule has 1 aromatic carbocycles. The minimum Gasteiger partial charge on any atom is -0.347 e. The van der Waals surface area contributed by atoms with E-state index in [9.17, 15) is 9.18 Å². The van der Waals surface area contributed by atoms with E-state index in [0.29, 0.717) is 0 Å². The van der Waals surface area contributed by atoms with E-state index in [1.165, 1.54) is 12.1 Å². The van der Waals surface area contributed by atoms with Crippen molar-refractivity contribution in [3.05, 3.63) is 46.2 Å². The molecule has 5 heteroatoms. The van der Waals surface area contributed by atoms with Crippen molar-refractivity contribution < 1.29 is 9.18 Å². The highest BCUT2D eigenvalue weighted by Crippen LogP contribution is 2.18. The lowest BCUT2D eigenvalue weighted by Crippen LogP contribution is -2.25. The molecule has 1 rings (SSSR count). The minimum atomic E-state index is -0.666. The largest absolute Gasteiger partial charge is 0.347 e. The summed E-state index contributed by atoms with van der Waals surface area (Å²) in [4.78, 5) is 11.5. The second-order valence-corrected chi connectivity index (χ2v) is 3.74.